The highest BCUT2D eigenvalue weighted by Gasteiger charge is 2.12. The first-order valence-corrected chi connectivity index (χ1v) is 7.25. The number of hydrogen-bond donors (Lipinski definition) is 4. The van der Waals surface area contributed by atoms with Gasteiger partial charge in [-0.2, -0.15) is 0 Å². The van der Waals surface area contributed by atoms with Crippen LogP contribution in [-0.4, -0.2) is 15.9 Å². The number of para-hydroxylation sites is 1. The fourth-order valence-corrected chi connectivity index (χ4v) is 2.05. The third-order valence-electron chi connectivity index (χ3n) is 3.05. The number of halogens is 1. The number of benzene rings is 1. The summed E-state index contributed by atoms with van der Waals surface area (Å²) in [5.74, 6) is 0.287. The van der Waals surface area contributed by atoms with E-state index in [0.29, 0.717) is 16.5 Å². The van der Waals surface area contributed by atoms with Gasteiger partial charge in [-0.1, -0.05) is 23.7 Å². The van der Waals surface area contributed by atoms with Gasteiger partial charge < -0.3 is 15.5 Å². The van der Waals surface area contributed by atoms with Crippen molar-refractivity contribution in [2.24, 2.45) is 0 Å². The molecule has 9 heteroatoms. The summed E-state index contributed by atoms with van der Waals surface area (Å²) in [4.78, 5) is 19.9. The van der Waals surface area contributed by atoms with Crippen molar-refractivity contribution in [3.63, 3.8) is 0 Å². The van der Waals surface area contributed by atoms with Gasteiger partial charge in [0.2, 0.25) is 0 Å². The quantitative estimate of drug-likeness (QED) is 0.525. The standard InChI is InChI=1S/C15H13ClN6O2/c16-9-4-1-2-5-10(9)20-13-12(17)14(19-8-18-13)21-22-15(23)11-6-3-7-24-11/h1-8H,17H2,(H,22,23)(H2,18,19,20,21). The molecule has 5 N–H and O–H groups in total. The first-order valence-electron chi connectivity index (χ1n) is 6.87. The van der Waals surface area contributed by atoms with Gasteiger partial charge in [-0.25, -0.2) is 9.97 Å². The molecule has 0 spiro atoms. The minimum Gasteiger partial charge on any atom is -0.459 e. The Hall–Kier alpha value is -3.26. The highest BCUT2D eigenvalue weighted by molar-refractivity contribution is 6.33. The molecule has 2 heterocycles. The lowest BCUT2D eigenvalue weighted by atomic mass is 10.3. The minimum atomic E-state index is -0.460. The number of nitrogens with two attached hydrogens (primary N) is 1. The molecule has 0 aliphatic rings. The molecule has 0 radical (unpaired) electrons. The van der Waals surface area contributed by atoms with Crippen molar-refractivity contribution in [2.45, 2.75) is 0 Å². The number of hydrazine groups is 1. The van der Waals surface area contributed by atoms with Gasteiger partial charge in [0, 0.05) is 0 Å². The van der Waals surface area contributed by atoms with E-state index >= 15 is 0 Å². The zero-order valence-corrected chi connectivity index (χ0v) is 13.0. The molecule has 2 aromatic heterocycles. The van der Waals surface area contributed by atoms with E-state index in [9.17, 15) is 4.79 Å². The van der Waals surface area contributed by atoms with Crippen LogP contribution < -0.4 is 21.9 Å². The largest absolute Gasteiger partial charge is 0.459 e. The van der Waals surface area contributed by atoms with Crippen LogP contribution in [0.25, 0.3) is 0 Å². The normalized spacial score (nSPS) is 10.2. The Morgan fingerprint density at radius 1 is 1.12 bits per heavy atom. The molecule has 0 aliphatic heterocycles. The first-order chi connectivity index (χ1) is 11.6. The molecule has 0 saturated carbocycles. The van der Waals surface area contributed by atoms with Crippen molar-refractivity contribution in [1.82, 2.24) is 15.4 Å². The molecule has 3 rings (SSSR count). The molecule has 122 valence electrons. The van der Waals surface area contributed by atoms with Crippen LogP contribution in [0.2, 0.25) is 5.02 Å². The Kier molecular flexibility index (Phi) is 4.48. The molecule has 0 bridgehead atoms. The van der Waals surface area contributed by atoms with E-state index in [1.165, 1.54) is 18.7 Å². The fourth-order valence-electron chi connectivity index (χ4n) is 1.87. The van der Waals surface area contributed by atoms with Crippen LogP contribution in [-0.2, 0) is 0 Å². The molecule has 0 aliphatic carbocycles. The number of carbonyl (C=O) groups excluding carboxylic acids is 1. The summed E-state index contributed by atoms with van der Waals surface area (Å²) < 4.78 is 4.99. The number of nitrogens with zero attached hydrogens (tertiary/aromatic N) is 2. The van der Waals surface area contributed by atoms with Gasteiger partial charge in [0.1, 0.15) is 12.0 Å². The van der Waals surface area contributed by atoms with E-state index in [-0.39, 0.29) is 17.3 Å². The van der Waals surface area contributed by atoms with Crippen molar-refractivity contribution in [2.75, 3.05) is 16.5 Å². The van der Waals surface area contributed by atoms with Gasteiger partial charge >= 0.3 is 5.91 Å². The molecule has 3 aromatic rings. The highest BCUT2D eigenvalue weighted by Crippen LogP contribution is 2.29. The van der Waals surface area contributed by atoms with Gasteiger partial charge in [-0.3, -0.25) is 15.6 Å². The summed E-state index contributed by atoms with van der Waals surface area (Å²) in [6, 6.07) is 10.3. The number of aromatic nitrogens is 2. The van der Waals surface area contributed by atoms with Gasteiger partial charge in [-0.15, -0.1) is 0 Å². The number of furan rings is 1. The van der Waals surface area contributed by atoms with E-state index in [4.69, 9.17) is 21.8 Å². The molecule has 1 aromatic carbocycles. The number of anilines is 4. The second-order valence-corrected chi connectivity index (χ2v) is 5.05. The molecule has 0 atom stereocenters. The van der Waals surface area contributed by atoms with Crippen LogP contribution in [0.3, 0.4) is 0 Å². The maximum atomic E-state index is 11.8. The topological polar surface area (TPSA) is 118 Å². The predicted molar refractivity (Wildman–Crippen MR) is 91.0 cm³/mol. The second-order valence-electron chi connectivity index (χ2n) is 4.65. The average Bonchev–Trinajstić information content (AvgIpc) is 3.12. The number of nitrogen functional groups attached to an aromatic ring is 1. The van der Waals surface area contributed by atoms with E-state index < -0.39 is 5.91 Å². The van der Waals surface area contributed by atoms with Crippen LogP contribution in [0, 0.1) is 0 Å². The minimum absolute atomic E-state index is 0.157. The Balaban J connectivity index is 1.74. The summed E-state index contributed by atoms with van der Waals surface area (Å²) >= 11 is 6.10. The Morgan fingerprint density at radius 2 is 1.92 bits per heavy atom. The molecule has 0 saturated heterocycles. The van der Waals surface area contributed by atoms with Crippen LogP contribution in [0.4, 0.5) is 23.0 Å². The molecule has 0 fully saturated rings. The van der Waals surface area contributed by atoms with Gasteiger partial charge in [0.15, 0.2) is 17.4 Å². The summed E-state index contributed by atoms with van der Waals surface area (Å²) in [6.07, 6.45) is 2.70. The molecule has 8 nitrogen and oxygen atoms in total. The summed E-state index contributed by atoms with van der Waals surface area (Å²) in [5, 5.41) is 3.54. The summed E-state index contributed by atoms with van der Waals surface area (Å²) in [7, 11) is 0. The number of hydrogen-bond acceptors (Lipinski definition) is 7. The zero-order valence-electron chi connectivity index (χ0n) is 12.3. The van der Waals surface area contributed by atoms with E-state index in [1.54, 1.807) is 18.2 Å². The SMILES string of the molecule is Nc1c(NNC(=O)c2ccco2)ncnc1Nc1ccccc1Cl. The van der Waals surface area contributed by atoms with Crippen LogP contribution in [0.5, 0.6) is 0 Å². The van der Waals surface area contributed by atoms with Crippen molar-refractivity contribution in [3.05, 3.63) is 59.8 Å². The van der Waals surface area contributed by atoms with E-state index in [1.807, 2.05) is 12.1 Å². The number of carbonyl (C=O) groups is 1. The van der Waals surface area contributed by atoms with Gasteiger partial charge in [0.25, 0.3) is 0 Å². The van der Waals surface area contributed by atoms with Gasteiger partial charge in [-0.05, 0) is 24.3 Å². The summed E-state index contributed by atoms with van der Waals surface area (Å²) in [5.41, 5.74) is 12.0. The highest BCUT2D eigenvalue weighted by atomic mass is 35.5. The number of rotatable bonds is 5. The maximum Gasteiger partial charge on any atom is 0.305 e. The monoisotopic (exact) mass is 344 g/mol. The Bertz CT molecular complexity index is 853. The fraction of sp³-hybridized carbons (Fsp3) is 0. The lowest BCUT2D eigenvalue weighted by molar-refractivity contribution is 0.0935. The second kappa shape index (κ2) is 6.88. The molecule has 1 amide bonds. The predicted octanol–water partition coefficient (Wildman–Crippen LogP) is 2.81. The number of amides is 1. The van der Waals surface area contributed by atoms with Gasteiger partial charge in [0.05, 0.1) is 17.0 Å². The molecule has 0 unspecified atom stereocenters. The molecule has 24 heavy (non-hydrogen) atoms. The van der Waals surface area contributed by atoms with Crippen molar-refractivity contribution >= 4 is 40.5 Å². The lowest BCUT2D eigenvalue weighted by Gasteiger charge is -2.13. The van der Waals surface area contributed by atoms with Crippen LogP contribution in [0.15, 0.2) is 53.4 Å². The van der Waals surface area contributed by atoms with E-state index in [2.05, 4.69) is 26.1 Å². The maximum absolute atomic E-state index is 11.8. The zero-order chi connectivity index (χ0) is 16.9. The molecular weight excluding hydrogens is 332 g/mol. The smallest absolute Gasteiger partial charge is 0.305 e. The first kappa shape index (κ1) is 15.6. The van der Waals surface area contributed by atoms with E-state index in [0.717, 1.165) is 0 Å². The Morgan fingerprint density at radius 3 is 2.67 bits per heavy atom. The van der Waals surface area contributed by atoms with Crippen molar-refractivity contribution in [1.29, 1.82) is 0 Å². The lowest BCUT2D eigenvalue weighted by Crippen LogP contribution is -2.30. The number of nitrogens with one attached hydrogen (secondary N) is 3. The average molecular weight is 345 g/mol. The third kappa shape index (κ3) is 3.39. The Labute approximate surface area is 142 Å². The van der Waals surface area contributed by atoms with Crippen molar-refractivity contribution in [3.8, 4) is 0 Å². The van der Waals surface area contributed by atoms with Crippen LogP contribution in [0.1, 0.15) is 10.6 Å². The summed E-state index contributed by atoms with van der Waals surface area (Å²) in [6.45, 7) is 0. The third-order valence-corrected chi connectivity index (χ3v) is 3.38. The molecular formula is C15H13ClN6O2. The van der Waals surface area contributed by atoms with Crippen molar-refractivity contribution < 1.29 is 9.21 Å². The van der Waals surface area contributed by atoms with Crippen LogP contribution >= 0.6 is 11.6 Å².